The molecule has 134 valence electrons. The molecule has 1 aliphatic rings. The molecule has 0 aromatic heterocycles. The van der Waals surface area contributed by atoms with Crippen LogP contribution in [0.2, 0.25) is 0 Å². The molecule has 0 fully saturated rings. The molecule has 0 unspecified atom stereocenters. The molecule has 4 heteroatoms. The van der Waals surface area contributed by atoms with E-state index >= 15 is 0 Å². The number of anilines is 2. The van der Waals surface area contributed by atoms with Gasteiger partial charge in [0.1, 0.15) is 0 Å². The number of benzene rings is 3. The van der Waals surface area contributed by atoms with Gasteiger partial charge in [0, 0.05) is 5.56 Å². The molecule has 0 saturated carbocycles. The second kappa shape index (κ2) is 7.38. The van der Waals surface area contributed by atoms with E-state index in [1.165, 1.54) is 0 Å². The third-order valence-corrected chi connectivity index (χ3v) is 4.62. The van der Waals surface area contributed by atoms with Gasteiger partial charge in [-0.1, -0.05) is 66.7 Å². The van der Waals surface area contributed by atoms with E-state index in [1.54, 1.807) is 0 Å². The van der Waals surface area contributed by atoms with Crippen molar-refractivity contribution in [2.45, 2.75) is 6.42 Å². The molecule has 2 N–H and O–H groups in total. The molecular formula is C23H21N3O. The Hall–Kier alpha value is -3.53. The molecule has 3 aromatic carbocycles. The molecule has 4 rings (SSSR count). The van der Waals surface area contributed by atoms with Crippen LogP contribution in [0.15, 0.2) is 96.6 Å². The zero-order valence-electron chi connectivity index (χ0n) is 15.0. The summed E-state index contributed by atoms with van der Waals surface area (Å²) >= 11 is 0. The first-order valence-electron chi connectivity index (χ1n) is 8.97. The Morgan fingerprint density at radius 1 is 0.778 bits per heavy atom. The lowest BCUT2D eigenvalue weighted by molar-refractivity contribution is -0.117. The predicted octanol–water partition coefficient (Wildman–Crippen LogP) is 4.21. The van der Waals surface area contributed by atoms with Crippen molar-refractivity contribution < 1.29 is 4.79 Å². The average Bonchev–Trinajstić information content (AvgIpc) is 3.08. The van der Waals surface area contributed by atoms with Crippen molar-refractivity contribution in [3.63, 3.8) is 0 Å². The first-order valence-corrected chi connectivity index (χ1v) is 8.97. The first-order chi connectivity index (χ1) is 13.2. The highest BCUT2D eigenvalue weighted by Crippen LogP contribution is 2.39. The maximum atomic E-state index is 11.8. The molecule has 1 heterocycles. The minimum atomic E-state index is -0.318. The number of carbonyl (C=O) groups is 1. The molecule has 4 nitrogen and oxygen atoms in total. The fourth-order valence-corrected chi connectivity index (χ4v) is 3.51. The minimum Gasteiger partial charge on any atom is -0.369 e. The van der Waals surface area contributed by atoms with Gasteiger partial charge in [0.2, 0.25) is 5.91 Å². The predicted molar refractivity (Wildman–Crippen MR) is 110 cm³/mol. The number of rotatable bonds is 5. The summed E-state index contributed by atoms with van der Waals surface area (Å²) in [5.41, 5.74) is 10.8. The first kappa shape index (κ1) is 16.9. The van der Waals surface area contributed by atoms with Crippen LogP contribution in [0.4, 0.5) is 11.4 Å². The van der Waals surface area contributed by atoms with Crippen molar-refractivity contribution in [3.8, 4) is 0 Å². The monoisotopic (exact) mass is 355 g/mol. The van der Waals surface area contributed by atoms with Gasteiger partial charge in [-0.15, -0.1) is 0 Å². The molecule has 0 aliphatic carbocycles. The quantitative estimate of drug-likeness (QED) is 0.746. The van der Waals surface area contributed by atoms with E-state index in [-0.39, 0.29) is 12.3 Å². The average molecular weight is 355 g/mol. The molecule has 1 amide bonds. The number of amides is 1. The largest absolute Gasteiger partial charge is 0.369 e. The standard InChI is InChI=1S/C23H21N3O/c24-22(27)16-19-17-25(20-12-6-2-7-13-20)26(21-14-8-3-9-15-21)23(19)18-10-4-1-5-11-18/h1-15H,16-17H2,(H2,24,27). The summed E-state index contributed by atoms with van der Waals surface area (Å²) in [6.07, 6.45) is 0.233. The lowest BCUT2D eigenvalue weighted by Gasteiger charge is -2.34. The Kier molecular flexibility index (Phi) is 4.62. The fraction of sp³-hybridized carbons (Fsp3) is 0.0870. The lowest BCUT2D eigenvalue weighted by atomic mass is 10.0. The van der Waals surface area contributed by atoms with E-state index in [9.17, 15) is 4.79 Å². The van der Waals surface area contributed by atoms with Gasteiger partial charge in [-0.25, -0.2) is 0 Å². The summed E-state index contributed by atoms with van der Waals surface area (Å²) in [7, 11) is 0. The van der Waals surface area contributed by atoms with Crippen LogP contribution in [0, 0.1) is 0 Å². The van der Waals surface area contributed by atoms with Gasteiger partial charge in [-0.2, -0.15) is 0 Å². The van der Waals surface area contributed by atoms with E-state index in [2.05, 4.69) is 46.4 Å². The van der Waals surface area contributed by atoms with Crippen LogP contribution in [0.1, 0.15) is 12.0 Å². The summed E-state index contributed by atoms with van der Waals surface area (Å²) < 4.78 is 0. The molecule has 1 aliphatic heterocycles. The van der Waals surface area contributed by atoms with Gasteiger partial charge in [0.05, 0.1) is 30.0 Å². The smallest absolute Gasteiger partial charge is 0.221 e. The number of primary amides is 1. The van der Waals surface area contributed by atoms with Crippen LogP contribution < -0.4 is 15.8 Å². The molecule has 0 spiro atoms. The number of nitrogens with two attached hydrogens (primary N) is 1. The summed E-state index contributed by atoms with van der Waals surface area (Å²) in [5.74, 6) is -0.318. The Morgan fingerprint density at radius 3 is 1.85 bits per heavy atom. The van der Waals surface area contributed by atoms with Gasteiger partial charge in [-0.05, 0) is 29.8 Å². The van der Waals surface area contributed by atoms with Crippen molar-refractivity contribution >= 4 is 23.0 Å². The van der Waals surface area contributed by atoms with Crippen molar-refractivity contribution in [2.24, 2.45) is 5.73 Å². The summed E-state index contributed by atoms with van der Waals surface area (Å²) in [6, 6.07) is 30.5. The second-order valence-electron chi connectivity index (χ2n) is 6.50. The van der Waals surface area contributed by atoms with Crippen LogP contribution in [0.5, 0.6) is 0 Å². The molecule has 0 bridgehead atoms. The molecule has 0 radical (unpaired) electrons. The van der Waals surface area contributed by atoms with Gasteiger partial charge >= 0.3 is 0 Å². The number of carbonyl (C=O) groups excluding carboxylic acids is 1. The Labute approximate surface area is 159 Å². The van der Waals surface area contributed by atoms with Gasteiger partial charge < -0.3 is 5.73 Å². The zero-order chi connectivity index (χ0) is 18.6. The van der Waals surface area contributed by atoms with E-state index < -0.39 is 0 Å². The maximum absolute atomic E-state index is 11.8. The topological polar surface area (TPSA) is 49.6 Å². The third-order valence-electron chi connectivity index (χ3n) is 4.62. The van der Waals surface area contributed by atoms with Crippen LogP contribution in [0.3, 0.4) is 0 Å². The van der Waals surface area contributed by atoms with Crippen molar-refractivity contribution in [1.82, 2.24) is 0 Å². The van der Waals surface area contributed by atoms with Crippen molar-refractivity contribution in [1.29, 1.82) is 0 Å². The zero-order valence-corrected chi connectivity index (χ0v) is 15.0. The van der Waals surface area contributed by atoms with Crippen molar-refractivity contribution in [2.75, 3.05) is 16.6 Å². The number of para-hydroxylation sites is 2. The summed E-state index contributed by atoms with van der Waals surface area (Å²) in [4.78, 5) is 11.8. The second-order valence-corrected chi connectivity index (χ2v) is 6.50. The lowest BCUT2D eigenvalue weighted by Crippen LogP contribution is -2.37. The number of hydrazine groups is 1. The number of hydrogen-bond acceptors (Lipinski definition) is 3. The molecular weight excluding hydrogens is 334 g/mol. The molecule has 3 aromatic rings. The Balaban J connectivity index is 1.89. The molecule has 0 atom stereocenters. The normalized spacial score (nSPS) is 13.9. The Morgan fingerprint density at radius 2 is 1.30 bits per heavy atom. The highest BCUT2D eigenvalue weighted by Gasteiger charge is 2.32. The summed E-state index contributed by atoms with van der Waals surface area (Å²) in [5, 5.41) is 4.37. The van der Waals surface area contributed by atoms with Crippen LogP contribution >= 0.6 is 0 Å². The van der Waals surface area contributed by atoms with E-state index in [0.29, 0.717) is 6.54 Å². The molecule has 27 heavy (non-hydrogen) atoms. The number of nitrogens with zero attached hydrogens (tertiary/aromatic N) is 2. The SMILES string of the molecule is NC(=O)CC1=C(c2ccccc2)N(c2ccccc2)N(c2ccccc2)C1. The van der Waals surface area contributed by atoms with Crippen LogP contribution in [-0.2, 0) is 4.79 Å². The van der Waals surface area contributed by atoms with Gasteiger partial charge in [0.15, 0.2) is 0 Å². The maximum Gasteiger partial charge on any atom is 0.221 e. The highest BCUT2D eigenvalue weighted by molar-refractivity contribution is 5.91. The van der Waals surface area contributed by atoms with Gasteiger partial charge in [0.25, 0.3) is 0 Å². The third kappa shape index (κ3) is 3.42. The fourth-order valence-electron chi connectivity index (χ4n) is 3.51. The van der Waals surface area contributed by atoms with E-state index in [0.717, 1.165) is 28.2 Å². The van der Waals surface area contributed by atoms with E-state index in [4.69, 9.17) is 5.73 Å². The van der Waals surface area contributed by atoms with Crippen LogP contribution in [-0.4, -0.2) is 12.5 Å². The highest BCUT2D eigenvalue weighted by atomic mass is 16.1. The van der Waals surface area contributed by atoms with Crippen LogP contribution in [0.25, 0.3) is 5.70 Å². The number of hydrogen-bond donors (Lipinski definition) is 1. The van der Waals surface area contributed by atoms with Gasteiger partial charge in [-0.3, -0.25) is 14.8 Å². The minimum absolute atomic E-state index is 0.233. The molecule has 0 saturated heterocycles. The van der Waals surface area contributed by atoms with E-state index in [1.807, 2.05) is 54.6 Å². The van der Waals surface area contributed by atoms with Crippen molar-refractivity contribution in [3.05, 3.63) is 102 Å². The Bertz CT molecular complexity index is 953. The summed E-state index contributed by atoms with van der Waals surface area (Å²) in [6.45, 7) is 0.617.